The molecule has 1 aromatic rings. The maximum absolute atomic E-state index is 11.7. The minimum absolute atomic E-state index is 0.00243. The first-order chi connectivity index (χ1) is 8.02. The largest absolute Gasteiger partial charge is 0.445 e. The van der Waals surface area contributed by atoms with Crippen LogP contribution in [0.4, 0.5) is 0 Å². The summed E-state index contributed by atoms with van der Waals surface area (Å²) in [6.45, 7) is 8.16. The number of hydrogen-bond donors (Lipinski definition) is 2. The molecule has 0 fully saturated rings. The minimum Gasteiger partial charge on any atom is -0.445 e. The van der Waals surface area contributed by atoms with Gasteiger partial charge in [-0.3, -0.25) is 10.1 Å². The first kappa shape index (κ1) is 13.7. The highest BCUT2D eigenvalue weighted by molar-refractivity contribution is 5.81. The molecule has 0 saturated carbocycles. The van der Waals surface area contributed by atoms with Gasteiger partial charge in [-0.15, -0.1) is 0 Å². The van der Waals surface area contributed by atoms with Crippen LogP contribution < -0.4 is 10.6 Å². The average molecular weight is 239 g/mol. The Hall–Kier alpha value is -1.36. The average Bonchev–Trinajstić information content (AvgIpc) is 2.71. The second kappa shape index (κ2) is 6.39. The van der Waals surface area contributed by atoms with Gasteiger partial charge >= 0.3 is 0 Å². The van der Waals surface area contributed by atoms with E-state index in [0.29, 0.717) is 12.4 Å². The molecule has 0 aromatic carbocycles. The fourth-order valence-corrected chi connectivity index (χ4v) is 1.29. The Balaban J connectivity index is 2.33. The number of nitrogens with one attached hydrogen (secondary N) is 2. The van der Waals surface area contributed by atoms with Crippen molar-refractivity contribution in [1.82, 2.24) is 15.6 Å². The van der Waals surface area contributed by atoms with Gasteiger partial charge in [-0.05, 0) is 27.2 Å². The highest BCUT2D eigenvalue weighted by Crippen LogP contribution is 2.01. The van der Waals surface area contributed by atoms with E-state index in [-0.39, 0.29) is 18.0 Å². The maximum Gasteiger partial charge on any atom is 0.237 e. The number of carbonyl (C=O) groups is 1. The highest BCUT2D eigenvalue weighted by Gasteiger charge is 2.14. The molecule has 2 atom stereocenters. The van der Waals surface area contributed by atoms with Crippen LogP contribution in [0.2, 0.25) is 0 Å². The number of oxazole rings is 1. The summed E-state index contributed by atoms with van der Waals surface area (Å²) in [5, 5.41) is 5.99. The molecule has 1 heterocycles. The Labute approximate surface area is 102 Å². The molecular formula is C12H21N3O2. The third-order valence-corrected chi connectivity index (χ3v) is 2.62. The Kier molecular flexibility index (Phi) is 5.15. The van der Waals surface area contributed by atoms with Crippen LogP contribution in [-0.2, 0) is 11.3 Å². The van der Waals surface area contributed by atoms with E-state index in [2.05, 4.69) is 15.6 Å². The van der Waals surface area contributed by atoms with Crippen LogP contribution in [-0.4, -0.2) is 23.0 Å². The van der Waals surface area contributed by atoms with Gasteiger partial charge < -0.3 is 9.73 Å². The topological polar surface area (TPSA) is 67.2 Å². The van der Waals surface area contributed by atoms with E-state index in [1.165, 1.54) is 0 Å². The van der Waals surface area contributed by atoms with Crippen LogP contribution in [0.25, 0.3) is 0 Å². The molecule has 96 valence electrons. The Morgan fingerprint density at radius 2 is 2.24 bits per heavy atom. The van der Waals surface area contributed by atoms with Gasteiger partial charge in [0.05, 0.1) is 18.8 Å². The second-order valence-electron chi connectivity index (χ2n) is 4.29. The van der Waals surface area contributed by atoms with Crippen molar-refractivity contribution in [2.45, 2.75) is 52.7 Å². The molecule has 0 spiro atoms. The molecule has 0 bridgehead atoms. The van der Waals surface area contributed by atoms with Crippen molar-refractivity contribution in [1.29, 1.82) is 0 Å². The third kappa shape index (κ3) is 4.56. The van der Waals surface area contributed by atoms with Crippen molar-refractivity contribution in [3.8, 4) is 0 Å². The summed E-state index contributed by atoms with van der Waals surface area (Å²) in [7, 11) is 0. The number of aryl methyl sites for hydroxylation is 1. The molecular weight excluding hydrogens is 218 g/mol. The molecule has 17 heavy (non-hydrogen) atoms. The fraction of sp³-hybridized carbons (Fsp3) is 0.667. The number of rotatable bonds is 6. The highest BCUT2D eigenvalue weighted by atomic mass is 16.4. The molecule has 2 unspecified atom stereocenters. The molecule has 0 saturated heterocycles. The smallest absolute Gasteiger partial charge is 0.237 e. The predicted octanol–water partition coefficient (Wildman–Crippen LogP) is 1.38. The molecule has 5 heteroatoms. The predicted molar refractivity (Wildman–Crippen MR) is 65.4 cm³/mol. The molecule has 1 amide bonds. The Morgan fingerprint density at radius 1 is 1.53 bits per heavy atom. The van der Waals surface area contributed by atoms with E-state index in [9.17, 15) is 4.79 Å². The van der Waals surface area contributed by atoms with Gasteiger partial charge in [0, 0.05) is 6.04 Å². The van der Waals surface area contributed by atoms with Crippen LogP contribution in [0, 0.1) is 6.92 Å². The van der Waals surface area contributed by atoms with Crippen LogP contribution in [0.15, 0.2) is 10.6 Å². The number of hydrogen-bond acceptors (Lipinski definition) is 4. The minimum atomic E-state index is -0.254. The normalized spacial score (nSPS) is 14.4. The third-order valence-electron chi connectivity index (χ3n) is 2.62. The summed E-state index contributed by atoms with van der Waals surface area (Å²) in [5.74, 6) is 1.38. The van der Waals surface area contributed by atoms with Crippen LogP contribution in [0.5, 0.6) is 0 Å². The quantitative estimate of drug-likeness (QED) is 0.787. The van der Waals surface area contributed by atoms with E-state index in [1.54, 1.807) is 6.20 Å². The SMILES string of the molecule is CCC(C)NC(=O)C(C)NCc1ncc(C)o1. The van der Waals surface area contributed by atoms with E-state index < -0.39 is 0 Å². The lowest BCUT2D eigenvalue weighted by atomic mass is 10.2. The van der Waals surface area contributed by atoms with Crippen molar-refractivity contribution >= 4 is 5.91 Å². The molecule has 0 aliphatic heterocycles. The van der Waals surface area contributed by atoms with Gasteiger partial charge in [-0.1, -0.05) is 6.92 Å². The van der Waals surface area contributed by atoms with E-state index in [0.717, 1.165) is 12.2 Å². The summed E-state index contributed by atoms with van der Waals surface area (Å²) >= 11 is 0. The van der Waals surface area contributed by atoms with Crippen molar-refractivity contribution in [3.63, 3.8) is 0 Å². The van der Waals surface area contributed by atoms with Gasteiger partial charge in [0.15, 0.2) is 0 Å². The summed E-state index contributed by atoms with van der Waals surface area (Å²) < 4.78 is 5.31. The maximum atomic E-state index is 11.7. The van der Waals surface area contributed by atoms with Crippen molar-refractivity contribution in [2.75, 3.05) is 0 Å². The van der Waals surface area contributed by atoms with Crippen LogP contribution >= 0.6 is 0 Å². The molecule has 5 nitrogen and oxygen atoms in total. The lowest BCUT2D eigenvalue weighted by Gasteiger charge is -2.16. The Bertz CT molecular complexity index is 362. The first-order valence-corrected chi connectivity index (χ1v) is 5.98. The number of amides is 1. The molecule has 1 rings (SSSR count). The summed E-state index contributed by atoms with van der Waals surface area (Å²) in [6, 6.07) is -0.0491. The zero-order chi connectivity index (χ0) is 12.8. The lowest BCUT2D eigenvalue weighted by molar-refractivity contribution is -0.123. The monoisotopic (exact) mass is 239 g/mol. The van der Waals surface area contributed by atoms with Crippen molar-refractivity contribution < 1.29 is 9.21 Å². The second-order valence-corrected chi connectivity index (χ2v) is 4.29. The molecule has 1 aromatic heterocycles. The summed E-state index contributed by atoms with van der Waals surface area (Å²) in [5.41, 5.74) is 0. The molecule has 0 aliphatic carbocycles. The van der Waals surface area contributed by atoms with Gasteiger partial charge in [-0.25, -0.2) is 4.98 Å². The molecule has 2 N–H and O–H groups in total. The zero-order valence-electron chi connectivity index (χ0n) is 10.9. The van der Waals surface area contributed by atoms with E-state index in [1.807, 2.05) is 27.7 Å². The van der Waals surface area contributed by atoms with Gasteiger partial charge in [0.25, 0.3) is 0 Å². The number of carbonyl (C=O) groups excluding carboxylic acids is 1. The summed E-state index contributed by atoms with van der Waals surface area (Å²) in [4.78, 5) is 15.8. The lowest BCUT2D eigenvalue weighted by Crippen LogP contribution is -2.45. The first-order valence-electron chi connectivity index (χ1n) is 5.98. The van der Waals surface area contributed by atoms with Gasteiger partial charge in [0.1, 0.15) is 5.76 Å². The zero-order valence-corrected chi connectivity index (χ0v) is 10.9. The van der Waals surface area contributed by atoms with Gasteiger partial charge in [-0.2, -0.15) is 0 Å². The van der Waals surface area contributed by atoms with Crippen LogP contribution in [0.1, 0.15) is 38.8 Å². The molecule has 0 radical (unpaired) electrons. The summed E-state index contributed by atoms with van der Waals surface area (Å²) in [6.07, 6.45) is 2.60. The van der Waals surface area contributed by atoms with E-state index >= 15 is 0 Å². The Morgan fingerprint density at radius 3 is 2.76 bits per heavy atom. The van der Waals surface area contributed by atoms with Crippen LogP contribution in [0.3, 0.4) is 0 Å². The van der Waals surface area contributed by atoms with Crippen molar-refractivity contribution in [3.05, 3.63) is 17.8 Å². The van der Waals surface area contributed by atoms with Crippen molar-refractivity contribution in [2.24, 2.45) is 0 Å². The van der Waals surface area contributed by atoms with E-state index in [4.69, 9.17) is 4.42 Å². The molecule has 0 aliphatic rings. The number of aromatic nitrogens is 1. The number of nitrogens with zero attached hydrogens (tertiary/aromatic N) is 1. The van der Waals surface area contributed by atoms with Gasteiger partial charge in [0.2, 0.25) is 11.8 Å². The fourth-order valence-electron chi connectivity index (χ4n) is 1.29. The standard InChI is InChI=1S/C12H21N3O2/c1-5-8(2)15-12(16)10(4)13-7-11-14-6-9(3)17-11/h6,8,10,13H,5,7H2,1-4H3,(H,15,16).